The largest absolute Gasteiger partial charge is 0.388 e. The van der Waals surface area contributed by atoms with Gasteiger partial charge in [-0.15, -0.1) is 0 Å². The molecule has 82 valence electrons. The molecule has 1 N–H and O–H groups in total. The van der Waals surface area contributed by atoms with Gasteiger partial charge in [-0.2, -0.15) is 0 Å². The van der Waals surface area contributed by atoms with E-state index in [1.165, 1.54) is 5.69 Å². The summed E-state index contributed by atoms with van der Waals surface area (Å²) in [5, 5.41) is 3.12. The van der Waals surface area contributed by atoms with Gasteiger partial charge in [-0.25, -0.2) is 0 Å². The Balaban J connectivity index is 2.07. The lowest BCUT2D eigenvalue weighted by Crippen LogP contribution is -2.31. The van der Waals surface area contributed by atoms with Crippen LogP contribution in [0.15, 0.2) is 24.3 Å². The molecule has 1 heterocycles. The maximum Gasteiger partial charge on any atom is 0.0670 e. The molecule has 1 atom stereocenters. The zero-order valence-electron chi connectivity index (χ0n) is 9.36. The fourth-order valence-electron chi connectivity index (χ4n) is 1.90. The second kappa shape index (κ2) is 4.53. The van der Waals surface area contributed by atoms with Gasteiger partial charge >= 0.3 is 0 Å². The van der Waals surface area contributed by atoms with Gasteiger partial charge in [0.2, 0.25) is 0 Å². The minimum absolute atomic E-state index is 0.533. The Morgan fingerprint density at radius 2 is 2.07 bits per heavy atom. The van der Waals surface area contributed by atoms with Gasteiger partial charge in [-0.3, -0.25) is 0 Å². The summed E-state index contributed by atoms with van der Waals surface area (Å²) in [7, 11) is 4.07. The first-order valence-electron chi connectivity index (χ1n) is 5.39. The Bertz CT molecular complexity index is 304. The summed E-state index contributed by atoms with van der Waals surface area (Å²) in [6.07, 6.45) is 1.13. The Morgan fingerprint density at radius 1 is 1.33 bits per heavy atom. The lowest BCUT2D eigenvalue weighted by atomic mass is 10.2. The first-order chi connectivity index (χ1) is 7.31. The number of benzene rings is 1. The van der Waals surface area contributed by atoms with Crippen LogP contribution < -0.4 is 10.2 Å². The number of nitrogens with one attached hydrogen (secondary N) is 1. The molecule has 1 aromatic rings. The van der Waals surface area contributed by atoms with Gasteiger partial charge in [0.15, 0.2) is 0 Å². The van der Waals surface area contributed by atoms with E-state index in [1.807, 2.05) is 7.05 Å². The molecule has 1 saturated heterocycles. The molecule has 0 spiro atoms. The molecule has 3 heteroatoms. The highest BCUT2D eigenvalue weighted by Crippen LogP contribution is 2.21. The molecule has 0 aliphatic carbocycles. The van der Waals surface area contributed by atoms with Gasteiger partial charge in [-0.1, -0.05) is 0 Å². The summed E-state index contributed by atoms with van der Waals surface area (Å²) in [5.74, 6) is 0. The van der Waals surface area contributed by atoms with Crippen molar-refractivity contribution in [3.63, 3.8) is 0 Å². The molecule has 2 rings (SSSR count). The molecular weight excluding hydrogens is 188 g/mol. The molecule has 1 aliphatic heterocycles. The van der Waals surface area contributed by atoms with Crippen molar-refractivity contribution in [3.05, 3.63) is 24.3 Å². The third kappa shape index (κ3) is 2.23. The fourth-order valence-corrected chi connectivity index (χ4v) is 1.90. The fraction of sp³-hybridized carbons (Fsp3) is 0.500. The second-order valence-electron chi connectivity index (χ2n) is 3.93. The van der Waals surface area contributed by atoms with E-state index in [2.05, 4.69) is 41.5 Å². The normalized spacial score (nSPS) is 20.3. The van der Waals surface area contributed by atoms with E-state index >= 15 is 0 Å². The maximum atomic E-state index is 5.39. The van der Waals surface area contributed by atoms with E-state index in [0.717, 1.165) is 25.3 Å². The van der Waals surface area contributed by atoms with Crippen molar-refractivity contribution in [3.8, 4) is 0 Å². The van der Waals surface area contributed by atoms with E-state index in [4.69, 9.17) is 4.74 Å². The van der Waals surface area contributed by atoms with E-state index in [0.29, 0.717) is 6.04 Å². The van der Waals surface area contributed by atoms with E-state index in [-0.39, 0.29) is 0 Å². The Morgan fingerprint density at radius 3 is 2.60 bits per heavy atom. The van der Waals surface area contributed by atoms with Crippen molar-refractivity contribution in [1.29, 1.82) is 0 Å². The Kier molecular flexibility index (Phi) is 3.11. The summed E-state index contributed by atoms with van der Waals surface area (Å²) in [4.78, 5) is 2.30. The minimum atomic E-state index is 0.533. The summed E-state index contributed by atoms with van der Waals surface area (Å²) < 4.78 is 5.39. The molecule has 15 heavy (non-hydrogen) atoms. The number of hydrogen-bond donors (Lipinski definition) is 1. The van der Waals surface area contributed by atoms with Crippen LogP contribution in [0.3, 0.4) is 0 Å². The SMILES string of the molecule is CNc1ccc(N(C)C2CCOC2)cc1. The summed E-state index contributed by atoms with van der Waals surface area (Å²) >= 11 is 0. The average Bonchev–Trinajstić information content (AvgIpc) is 2.82. The number of hydrogen-bond acceptors (Lipinski definition) is 3. The van der Waals surface area contributed by atoms with Crippen LogP contribution in [-0.4, -0.2) is 33.4 Å². The number of rotatable bonds is 3. The van der Waals surface area contributed by atoms with E-state index in [9.17, 15) is 0 Å². The van der Waals surface area contributed by atoms with Crippen LogP contribution in [0, 0.1) is 0 Å². The van der Waals surface area contributed by atoms with Gasteiger partial charge in [-0.05, 0) is 30.7 Å². The minimum Gasteiger partial charge on any atom is -0.388 e. The van der Waals surface area contributed by atoms with Crippen LogP contribution in [0.1, 0.15) is 6.42 Å². The van der Waals surface area contributed by atoms with Crippen LogP contribution in [-0.2, 0) is 4.74 Å². The number of anilines is 2. The number of nitrogens with zero attached hydrogens (tertiary/aromatic N) is 1. The van der Waals surface area contributed by atoms with Gasteiger partial charge in [0, 0.05) is 32.1 Å². The quantitative estimate of drug-likeness (QED) is 0.818. The molecule has 1 unspecified atom stereocenters. The average molecular weight is 206 g/mol. The lowest BCUT2D eigenvalue weighted by molar-refractivity contribution is 0.193. The highest BCUT2D eigenvalue weighted by atomic mass is 16.5. The van der Waals surface area contributed by atoms with Crippen molar-refractivity contribution in [2.45, 2.75) is 12.5 Å². The predicted octanol–water partition coefficient (Wildman–Crippen LogP) is 1.95. The third-order valence-corrected chi connectivity index (χ3v) is 3.02. The first kappa shape index (κ1) is 10.3. The van der Waals surface area contributed by atoms with Crippen LogP contribution in [0.4, 0.5) is 11.4 Å². The summed E-state index contributed by atoms with van der Waals surface area (Å²) in [5.41, 5.74) is 2.40. The molecule has 0 radical (unpaired) electrons. The third-order valence-electron chi connectivity index (χ3n) is 3.02. The van der Waals surface area contributed by atoms with Crippen molar-refractivity contribution >= 4 is 11.4 Å². The zero-order chi connectivity index (χ0) is 10.7. The maximum absolute atomic E-state index is 5.39. The number of ether oxygens (including phenoxy) is 1. The molecular formula is C12H18N2O. The Hall–Kier alpha value is -1.22. The lowest BCUT2D eigenvalue weighted by Gasteiger charge is -2.25. The molecule has 1 aromatic carbocycles. The van der Waals surface area contributed by atoms with Crippen LogP contribution >= 0.6 is 0 Å². The van der Waals surface area contributed by atoms with E-state index < -0.39 is 0 Å². The van der Waals surface area contributed by atoms with Crippen molar-refractivity contribution in [1.82, 2.24) is 0 Å². The first-order valence-corrected chi connectivity index (χ1v) is 5.39. The highest BCUT2D eigenvalue weighted by Gasteiger charge is 2.20. The standard InChI is InChI=1S/C12H18N2O/c1-13-10-3-5-11(6-4-10)14(2)12-7-8-15-9-12/h3-6,12-13H,7-9H2,1-2H3. The molecule has 0 amide bonds. The highest BCUT2D eigenvalue weighted by molar-refractivity contribution is 5.55. The summed E-state index contributed by atoms with van der Waals surface area (Å²) in [6.45, 7) is 1.74. The monoisotopic (exact) mass is 206 g/mol. The molecule has 0 saturated carbocycles. The van der Waals surface area contributed by atoms with Crippen LogP contribution in [0.2, 0.25) is 0 Å². The predicted molar refractivity (Wildman–Crippen MR) is 63.6 cm³/mol. The zero-order valence-corrected chi connectivity index (χ0v) is 9.36. The molecule has 1 aliphatic rings. The van der Waals surface area contributed by atoms with E-state index in [1.54, 1.807) is 0 Å². The van der Waals surface area contributed by atoms with Crippen molar-refractivity contribution in [2.24, 2.45) is 0 Å². The van der Waals surface area contributed by atoms with Crippen molar-refractivity contribution < 1.29 is 4.74 Å². The van der Waals surface area contributed by atoms with Crippen molar-refractivity contribution in [2.75, 3.05) is 37.5 Å². The molecule has 0 aromatic heterocycles. The van der Waals surface area contributed by atoms with Crippen LogP contribution in [0.25, 0.3) is 0 Å². The molecule has 3 nitrogen and oxygen atoms in total. The summed E-state index contributed by atoms with van der Waals surface area (Å²) in [6, 6.07) is 9.02. The second-order valence-corrected chi connectivity index (χ2v) is 3.93. The van der Waals surface area contributed by atoms with Gasteiger partial charge in [0.05, 0.1) is 12.6 Å². The van der Waals surface area contributed by atoms with Gasteiger partial charge in [0.1, 0.15) is 0 Å². The van der Waals surface area contributed by atoms with Gasteiger partial charge in [0.25, 0.3) is 0 Å². The van der Waals surface area contributed by atoms with Gasteiger partial charge < -0.3 is 15.0 Å². The molecule has 0 bridgehead atoms. The topological polar surface area (TPSA) is 24.5 Å². The molecule has 1 fully saturated rings. The Labute approximate surface area is 91.0 Å². The van der Waals surface area contributed by atoms with Crippen LogP contribution in [0.5, 0.6) is 0 Å². The smallest absolute Gasteiger partial charge is 0.0670 e. The number of likely N-dealkylation sites (N-methyl/N-ethyl adjacent to an activating group) is 1.